The molecular formula is C24H44Cl2SiZr. The van der Waals surface area contributed by atoms with E-state index in [1.54, 1.807) is 11.1 Å². The van der Waals surface area contributed by atoms with Crippen LogP contribution >= 0.6 is 24.8 Å². The van der Waals surface area contributed by atoms with Gasteiger partial charge in [-0.2, -0.15) is 0 Å². The Labute approximate surface area is 190 Å². The van der Waals surface area contributed by atoms with Crippen LogP contribution in [-0.4, -0.2) is 6.88 Å². The number of hydrogen-bond donors (Lipinski definition) is 0. The number of halogens is 2. The maximum atomic E-state index is 2.70. The van der Waals surface area contributed by atoms with E-state index in [1.165, 1.54) is 12.8 Å². The van der Waals surface area contributed by atoms with Crippen LogP contribution in [0.5, 0.6) is 0 Å². The first-order chi connectivity index (χ1) is 11.6. The van der Waals surface area contributed by atoms with Gasteiger partial charge in [-0.25, -0.2) is 0 Å². The summed E-state index contributed by atoms with van der Waals surface area (Å²) in [6, 6.07) is 0. The summed E-state index contributed by atoms with van der Waals surface area (Å²) in [5.41, 5.74) is 3.62. The van der Waals surface area contributed by atoms with Gasteiger partial charge in [0.05, 0.1) is 0 Å². The van der Waals surface area contributed by atoms with Crippen molar-refractivity contribution < 1.29 is 17.4 Å². The van der Waals surface area contributed by atoms with Crippen LogP contribution in [0.15, 0.2) is 42.0 Å². The van der Waals surface area contributed by atoms with E-state index in [0.29, 0.717) is 11.8 Å². The summed E-state index contributed by atoms with van der Waals surface area (Å²) in [6.45, 7) is 21.3. The van der Waals surface area contributed by atoms with Crippen molar-refractivity contribution in [3.63, 3.8) is 0 Å². The summed E-state index contributed by atoms with van der Waals surface area (Å²) >= 11 is -3.17. The van der Waals surface area contributed by atoms with Gasteiger partial charge in [0, 0.05) is 0 Å². The molecule has 0 aromatic carbocycles. The zero-order valence-corrected chi connectivity index (χ0v) is 25.4. The van der Waals surface area contributed by atoms with E-state index >= 15 is 0 Å². The topological polar surface area (TPSA) is 0 Å². The van der Waals surface area contributed by atoms with Crippen LogP contribution in [0.1, 0.15) is 68.2 Å². The van der Waals surface area contributed by atoms with Gasteiger partial charge in [0.15, 0.2) is 0 Å². The molecule has 2 unspecified atom stereocenters. The first kappa shape index (κ1) is 28.6. The van der Waals surface area contributed by atoms with Crippen molar-refractivity contribution in [2.75, 3.05) is 0 Å². The largest absolute Gasteiger partial charge is 0.147 e. The van der Waals surface area contributed by atoms with Crippen molar-refractivity contribution in [3.8, 4) is 0 Å². The summed E-state index contributed by atoms with van der Waals surface area (Å²) < 4.78 is 9.04. The fourth-order valence-corrected chi connectivity index (χ4v) is 20.1. The monoisotopic (exact) mass is 520 g/mol. The molecule has 0 amide bonds. The maximum absolute atomic E-state index is 3.17. The van der Waals surface area contributed by atoms with Crippen LogP contribution in [0.4, 0.5) is 0 Å². The van der Waals surface area contributed by atoms with Crippen molar-refractivity contribution in [2.45, 2.75) is 77.5 Å². The Balaban J connectivity index is 0.00000364. The molecule has 2 rings (SSSR count). The summed E-state index contributed by atoms with van der Waals surface area (Å²) in [6.07, 6.45) is 12.9. The molecule has 162 valence electrons. The quantitative estimate of drug-likeness (QED) is 0.329. The third-order valence-electron chi connectivity index (χ3n) is 6.65. The fourth-order valence-electron chi connectivity index (χ4n) is 4.69. The second-order valence-corrected chi connectivity index (χ2v) is 40.2. The van der Waals surface area contributed by atoms with Crippen LogP contribution < -0.4 is 0 Å². The number of allylic oxidation sites excluding steroid dienone is 8. The van der Waals surface area contributed by atoms with Gasteiger partial charge in [-0.15, -0.1) is 24.8 Å². The van der Waals surface area contributed by atoms with E-state index in [4.69, 9.17) is 0 Å². The molecule has 0 fully saturated rings. The smallest absolute Gasteiger partial charge is 0.147 e. The third-order valence-corrected chi connectivity index (χ3v) is 23.1. The SMILES string of the molecule is CCC1C=C(C(C)(C)C)C=[C]1[Zr]([CH3])([CH3])(=[SiH2])[C]1=CC(C(C)(C)C)=CC1CC.Cl.Cl. The van der Waals surface area contributed by atoms with Gasteiger partial charge >= 0.3 is 166 Å². The van der Waals surface area contributed by atoms with Gasteiger partial charge < -0.3 is 0 Å². The average Bonchev–Trinajstić information content (AvgIpc) is 3.10. The van der Waals surface area contributed by atoms with Crippen molar-refractivity contribution in [3.05, 3.63) is 42.0 Å². The normalized spacial score (nSPS) is 23.2. The first-order valence-corrected chi connectivity index (χ1v) is 23.9. The molecule has 4 heteroatoms. The second-order valence-electron chi connectivity index (χ2n) is 11.7. The Hall–Kier alpha value is 0.640. The Morgan fingerprint density at radius 1 is 0.750 bits per heavy atom. The van der Waals surface area contributed by atoms with Crippen LogP contribution in [-0.2, 0) is 17.4 Å². The number of rotatable bonds is 4. The second kappa shape index (κ2) is 9.02. The third kappa shape index (κ3) is 5.46. The molecule has 0 aliphatic heterocycles. The Kier molecular flexibility index (Phi) is 9.22. The molecule has 0 aromatic rings. The molecular weight excluding hydrogens is 478 g/mol. The van der Waals surface area contributed by atoms with Gasteiger partial charge in [-0.3, -0.25) is 0 Å². The Bertz CT molecular complexity index is 716. The molecule has 0 spiro atoms. The summed E-state index contributed by atoms with van der Waals surface area (Å²) in [7, 11) is 0. The molecule has 0 radical (unpaired) electrons. The zero-order valence-electron chi connectivity index (χ0n) is 19.9. The van der Waals surface area contributed by atoms with E-state index in [0.717, 1.165) is 0 Å². The van der Waals surface area contributed by atoms with E-state index in [-0.39, 0.29) is 35.6 Å². The van der Waals surface area contributed by atoms with Crippen molar-refractivity contribution in [1.82, 2.24) is 0 Å². The molecule has 0 bridgehead atoms. The van der Waals surface area contributed by atoms with E-state index in [2.05, 4.69) is 95.8 Å². The molecule has 28 heavy (non-hydrogen) atoms. The van der Waals surface area contributed by atoms with Crippen molar-refractivity contribution in [1.29, 1.82) is 0 Å². The van der Waals surface area contributed by atoms with Gasteiger partial charge in [0.1, 0.15) is 0 Å². The van der Waals surface area contributed by atoms with E-state index in [9.17, 15) is 0 Å². The van der Waals surface area contributed by atoms with Crippen molar-refractivity contribution >= 4 is 31.7 Å². The fraction of sp³-hybridized carbons (Fsp3) is 0.667. The minimum absolute atomic E-state index is 0. The van der Waals surface area contributed by atoms with Crippen molar-refractivity contribution in [2.24, 2.45) is 22.7 Å². The van der Waals surface area contributed by atoms with Crippen LogP contribution in [0, 0.1) is 22.7 Å². The molecule has 2 aliphatic rings. The van der Waals surface area contributed by atoms with E-state index in [1.807, 2.05) is 6.56 Å². The van der Waals surface area contributed by atoms with Crippen LogP contribution in [0.25, 0.3) is 0 Å². The van der Waals surface area contributed by atoms with Crippen LogP contribution in [0.3, 0.4) is 0 Å². The Morgan fingerprint density at radius 2 is 1.04 bits per heavy atom. The first-order valence-electron chi connectivity index (χ1n) is 10.6. The minimum Gasteiger partial charge on any atom is -0.147 e. The molecule has 2 aliphatic carbocycles. The summed E-state index contributed by atoms with van der Waals surface area (Å²) in [5, 5.41) is 0. The predicted molar refractivity (Wildman–Crippen MR) is 134 cm³/mol. The molecule has 0 heterocycles. The Morgan fingerprint density at radius 3 is 1.25 bits per heavy atom. The minimum atomic E-state index is -3.17. The van der Waals surface area contributed by atoms with Gasteiger partial charge in [-0.1, -0.05) is 0 Å². The predicted octanol–water partition coefficient (Wildman–Crippen LogP) is 7.96. The molecule has 2 atom stereocenters. The van der Waals surface area contributed by atoms with Gasteiger partial charge in [-0.05, 0) is 0 Å². The zero-order chi connectivity index (χ0) is 20.2. The molecule has 0 nitrogen and oxygen atoms in total. The average molecular weight is 523 g/mol. The summed E-state index contributed by atoms with van der Waals surface area (Å²) in [4.78, 5) is 0. The molecule has 0 saturated heterocycles. The number of hydrogen-bond acceptors (Lipinski definition) is 0. The molecule has 0 N–H and O–H groups in total. The van der Waals surface area contributed by atoms with E-state index < -0.39 is 17.4 Å². The maximum Gasteiger partial charge on any atom is -0.147 e. The summed E-state index contributed by atoms with van der Waals surface area (Å²) in [5.74, 6) is 1.30. The molecule has 0 aromatic heterocycles. The van der Waals surface area contributed by atoms with Gasteiger partial charge in [0.25, 0.3) is 0 Å². The van der Waals surface area contributed by atoms with Gasteiger partial charge in [0.2, 0.25) is 0 Å². The molecule has 0 saturated carbocycles. The van der Waals surface area contributed by atoms with Crippen LogP contribution in [0.2, 0.25) is 9.26 Å². The standard InChI is InChI=1S/2C11H17.2CH3.2ClH.H2Si.Zr/c2*1-5-9-6-7-10(8-9)11(2,3)4;;;;;;/h2*7-9H,5H2,1-4H3;2*1H3;2*1H;1H2;.